The van der Waals surface area contributed by atoms with Crippen LogP contribution < -0.4 is 19.5 Å². The summed E-state index contributed by atoms with van der Waals surface area (Å²) >= 11 is 0. The molecular formula is C20H21F2NO6. The van der Waals surface area contributed by atoms with Crippen LogP contribution in [0.15, 0.2) is 42.5 Å². The molecule has 0 heterocycles. The third-order valence-corrected chi connectivity index (χ3v) is 3.71. The second-order valence-corrected chi connectivity index (χ2v) is 5.74. The van der Waals surface area contributed by atoms with Crippen molar-refractivity contribution in [1.82, 2.24) is 0 Å². The first-order valence-corrected chi connectivity index (χ1v) is 8.71. The van der Waals surface area contributed by atoms with Crippen LogP contribution in [0.3, 0.4) is 0 Å². The number of methoxy groups -OCH3 is 1. The fourth-order valence-corrected chi connectivity index (χ4v) is 2.30. The van der Waals surface area contributed by atoms with Gasteiger partial charge in [0.25, 0.3) is 5.91 Å². The van der Waals surface area contributed by atoms with Gasteiger partial charge in [0.2, 0.25) is 0 Å². The number of hydrogen-bond acceptors (Lipinski definition) is 6. The summed E-state index contributed by atoms with van der Waals surface area (Å²) in [4.78, 5) is 24.6. The number of ether oxygens (including phenoxy) is 4. The first-order chi connectivity index (χ1) is 13.8. The molecule has 156 valence electrons. The Balaban J connectivity index is 2.03. The molecule has 1 N–H and O–H groups in total. The summed E-state index contributed by atoms with van der Waals surface area (Å²) in [7, 11) is 1.53. The molecule has 0 aromatic heterocycles. The first-order valence-electron chi connectivity index (χ1n) is 8.71. The van der Waals surface area contributed by atoms with E-state index in [1.165, 1.54) is 32.2 Å². The van der Waals surface area contributed by atoms with Crippen LogP contribution in [0.2, 0.25) is 0 Å². The van der Waals surface area contributed by atoms with E-state index in [1.807, 2.05) is 0 Å². The SMILES string of the molecule is CCOc1cc(C(=O)O[C@@H](C)C(=O)Nc2ccc(OC)cc2)ccc1OC(F)F. The molecule has 2 rings (SSSR count). The van der Waals surface area contributed by atoms with E-state index in [1.54, 1.807) is 31.2 Å². The lowest BCUT2D eigenvalue weighted by molar-refractivity contribution is -0.123. The Kier molecular flexibility index (Phi) is 7.76. The Morgan fingerprint density at radius 1 is 1.07 bits per heavy atom. The molecule has 2 aromatic rings. The van der Waals surface area contributed by atoms with E-state index in [2.05, 4.69) is 10.1 Å². The van der Waals surface area contributed by atoms with Gasteiger partial charge in [-0.2, -0.15) is 8.78 Å². The van der Waals surface area contributed by atoms with E-state index >= 15 is 0 Å². The number of amides is 1. The smallest absolute Gasteiger partial charge is 0.387 e. The van der Waals surface area contributed by atoms with Gasteiger partial charge in [0.1, 0.15) is 5.75 Å². The van der Waals surface area contributed by atoms with E-state index in [9.17, 15) is 18.4 Å². The molecule has 9 heteroatoms. The Morgan fingerprint density at radius 3 is 2.34 bits per heavy atom. The minimum Gasteiger partial charge on any atom is -0.497 e. The molecule has 29 heavy (non-hydrogen) atoms. The van der Waals surface area contributed by atoms with Crippen molar-refractivity contribution in [1.29, 1.82) is 0 Å². The molecule has 0 spiro atoms. The zero-order valence-corrected chi connectivity index (χ0v) is 16.1. The number of nitrogens with one attached hydrogen (secondary N) is 1. The normalized spacial score (nSPS) is 11.5. The van der Waals surface area contributed by atoms with Crippen LogP contribution in [-0.2, 0) is 9.53 Å². The second kappa shape index (κ2) is 10.3. The third kappa shape index (κ3) is 6.34. The number of anilines is 1. The number of carbonyl (C=O) groups is 2. The molecule has 0 saturated heterocycles. The average Bonchev–Trinajstić information content (AvgIpc) is 2.69. The Bertz CT molecular complexity index is 841. The summed E-state index contributed by atoms with van der Waals surface area (Å²) in [6, 6.07) is 10.3. The maximum atomic E-state index is 12.5. The number of carbonyl (C=O) groups excluding carboxylic acids is 2. The summed E-state index contributed by atoms with van der Waals surface area (Å²) in [6.07, 6.45) is -1.10. The molecule has 0 bridgehead atoms. The summed E-state index contributed by atoms with van der Waals surface area (Å²) < 4.78 is 44.7. The number of rotatable bonds is 9. The third-order valence-electron chi connectivity index (χ3n) is 3.71. The minimum atomic E-state index is -3.03. The van der Waals surface area contributed by atoms with Gasteiger partial charge < -0.3 is 24.3 Å². The predicted molar refractivity (Wildman–Crippen MR) is 101 cm³/mol. The van der Waals surface area contributed by atoms with Crippen LogP contribution in [0.5, 0.6) is 17.2 Å². The number of alkyl halides is 2. The summed E-state index contributed by atoms with van der Waals surface area (Å²) in [5, 5.41) is 2.61. The van der Waals surface area contributed by atoms with Crippen LogP contribution in [0, 0.1) is 0 Å². The number of benzene rings is 2. The van der Waals surface area contributed by atoms with Crippen LogP contribution in [-0.4, -0.2) is 38.3 Å². The molecule has 0 unspecified atom stereocenters. The number of hydrogen-bond donors (Lipinski definition) is 1. The molecule has 7 nitrogen and oxygen atoms in total. The van der Waals surface area contributed by atoms with Crippen molar-refractivity contribution in [2.45, 2.75) is 26.6 Å². The van der Waals surface area contributed by atoms with Gasteiger partial charge in [0.05, 0.1) is 19.3 Å². The second-order valence-electron chi connectivity index (χ2n) is 5.74. The zero-order valence-electron chi connectivity index (χ0n) is 16.1. The summed E-state index contributed by atoms with van der Waals surface area (Å²) in [5.74, 6) is -0.953. The lowest BCUT2D eigenvalue weighted by atomic mass is 10.2. The Labute approximate surface area is 166 Å². The molecule has 1 amide bonds. The Morgan fingerprint density at radius 2 is 1.76 bits per heavy atom. The van der Waals surface area contributed by atoms with Gasteiger partial charge in [0, 0.05) is 5.69 Å². The fourth-order valence-electron chi connectivity index (χ4n) is 2.30. The van der Waals surface area contributed by atoms with E-state index in [-0.39, 0.29) is 23.7 Å². The van der Waals surface area contributed by atoms with Crippen LogP contribution in [0.25, 0.3) is 0 Å². The van der Waals surface area contributed by atoms with Crippen LogP contribution in [0.4, 0.5) is 14.5 Å². The number of halogens is 2. The molecule has 0 aliphatic heterocycles. The maximum absolute atomic E-state index is 12.5. The highest BCUT2D eigenvalue weighted by Crippen LogP contribution is 2.30. The van der Waals surface area contributed by atoms with Gasteiger partial charge in [-0.15, -0.1) is 0 Å². The molecule has 0 saturated carbocycles. The van der Waals surface area contributed by atoms with Crippen molar-refractivity contribution in [3.63, 3.8) is 0 Å². The molecule has 0 aliphatic carbocycles. The largest absolute Gasteiger partial charge is 0.497 e. The van der Waals surface area contributed by atoms with Crippen LogP contribution in [0.1, 0.15) is 24.2 Å². The van der Waals surface area contributed by atoms with E-state index in [0.29, 0.717) is 11.4 Å². The van der Waals surface area contributed by atoms with Gasteiger partial charge in [0.15, 0.2) is 17.6 Å². The average molecular weight is 409 g/mol. The highest BCUT2D eigenvalue weighted by Gasteiger charge is 2.21. The van der Waals surface area contributed by atoms with E-state index in [4.69, 9.17) is 14.2 Å². The molecule has 0 fully saturated rings. The predicted octanol–water partition coefficient (Wildman–Crippen LogP) is 3.88. The standard InChI is InChI=1S/C20H21F2NO6/c1-4-27-17-11-13(5-10-16(17)29-20(21)22)19(25)28-12(2)18(24)23-14-6-8-15(26-3)9-7-14/h5-12,20H,4H2,1-3H3,(H,23,24)/t12-/m0/s1. The quantitative estimate of drug-likeness (QED) is 0.633. The van der Waals surface area contributed by atoms with E-state index in [0.717, 1.165) is 0 Å². The highest BCUT2D eigenvalue weighted by molar-refractivity contribution is 5.97. The summed E-state index contributed by atoms with van der Waals surface area (Å²) in [5.41, 5.74) is 0.532. The number of esters is 1. The van der Waals surface area contributed by atoms with Crippen molar-refractivity contribution >= 4 is 17.6 Å². The monoisotopic (exact) mass is 409 g/mol. The topological polar surface area (TPSA) is 83.1 Å². The van der Waals surface area contributed by atoms with Crippen molar-refractivity contribution in [3.8, 4) is 17.2 Å². The molecule has 2 aromatic carbocycles. The molecule has 0 aliphatic rings. The molecule has 0 radical (unpaired) electrons. The van der Waals surface area contributed by atoms with Crippen LogP contribution >= 0.6 is 0 Å². The van der Waals surface area contributed by atoms with Gasteiger partial charge in [-0.25, -0.2) is 4.79 Å². The van der Waals surface area contributed by atoms with Crippen molar-refractivity contribution in [3.05, 3.63) is 48.0 Å². The Hall–Kier alpha value is -3.36. The van der Waals surface area contributed by atoms with Crippen molar-refractivity contribution in [2.75, 3.05) is 19.0 Å². The fraction of sp³-hybridized carbons (Fsp3) is 0.300. The highest BCUT2D eigenvalue weighted by atomic mass is 19.3. The first kappa shape index (κ1) is 21.9. The van der Waals surface area contributed by atoms with Gasteiger partial charge in [-0.1, -0.05) is 0 Å². The molecular weight excluding hydrogens is 388 g/mol. The van der Waals surface area contributed by atoms with Gasteiger partial charge in [-0.05, 0) is 56.3 Å². The lowest BCUT2D eigenvalue weighted by Gasteiger charge is -2.15. The zero-order chi connectivity index (χ0) is 21.4. The van der Waals surface area contributed by atoms with Crippen molar-refractivity contribution in [2.24, 2.45) is 0 Å². The van der Waals surface area contributed by atoms with E-state index < -0.39 is 24.6 Å². The lowest BCUT2D eigenvalue weighted by Crippen LogP contribution is -2.30. The maximum Gasteiger partial charge on any atom is 0.387 e. The molecule has 1 atom stereocenters. The summed E-state index contributed by atoms with van der Waals surface area (Å²) in [6.45, 7) is 0.212. The van der Waals surface area contributed by atoms with Crippen molar-refractivity contribution < 1.29 is 37.3 Å². The van der Waals surface area contributed by atoms with Gasteiger partial charge in [-0.3, -0.25) is 4.79 Å². The van der Waals surface area contributed by atoms with Gasteiger partial charge >= 0.3 is 12.6 Å². The minimum absolute atomic E-state index is 0.0270.